The molecular formula is C27H30F2N7O6P. The Kier molecular flexibility index (Phi) is 9.58. The van der Waals surface area contributed by atoms with Crippen LogP contribution < -0.4 is 15.4 Å². The number of ether oxygens (including phenoxy) is 1. The van der Waals surface area contributed by atoms with Crippen LogP contribution in [0.15, 0.2) is 48.8 Å². The summed E-state index contributed by atoms with van der Waals surface area (Å²) in [6, 6.07) is 10.6. The van der Waals surface area contributed by atoms with E-state index in [2.05, 4.69) is 30.8 Å². The third-order valence-corrected chi connectivity index (χ3v) is 7.65. The van der Waals surface area contributed by atoms with Crippen molar-refractivity contribution in [3.05, 3.63) is 66.1 Å². The van der Waals surface area contributed by atoms with E-state index in [1.165, 1.54) is 23.5 Å². The zero-order valence-electron chi connectivity index (χ0n) is 23.1. The Morgan fingerprint density at radius 1 is 1.19 bits per heavy atom. The van der Waals surface area contributed by atoms with Crippen LogP contribution in [0.1, 0.15) is 25.5 Å². The predicted octanol–water partition coefficient (Wildman–Crippen LogP) is 4.72. The summed E-state index contributed by atoms with van der Waals surface area (Å²) in [4.78, 5) is 30.6. The van der Waals surface area contributed by atoms with Crippen molar-refractivity contribution in [2.45, 2.75) is 26.2 Å². The number of H-pyrrole nitrogens is 1. The van der Waals surface area contributed by atoms with Crippen molar-refractivity contribution < 1.29 is 36.9 Å². The van der Waals surface area contributed by atoms with Gasteiger partial charge in [-0.1, -0.05) is 6.07 Å². The molecule has 2 aromatic carbocycles. The SMILES string of the molecule is CCOP(=O)(O)ON1CCC(COc2ccc3c(Nc4cc(CC(=O)Nc5cccc(F)c5F)[nH]n4)ncnc3c2)CC1. The monoisotopic (exact) mass is 617 g/mol. The van der Waals surface area contributed by atoms with Crippen molar-refractivity contribution in [3.63, 3.8) is 0 Å². The largest absolute Gasteiger partial charge is 0.493 e. The molecule has 228 valence electrons. The van der Waals surface area contributed by atoms with E-state index in [1.54, 1.807) is 19.1 Å². The molecule has 4 aromatic rings. The molecule has 43 heavy (non-hydrogen) atoms. The number of hydrogen-bond acceptors (Lipinski definition) is 10. The molecule has 1 aliphatic rings. The Hall–Kier alpha value is -4.01. The van der Waals surface area contributed by atoms with Gasteiger partial charge in [0, 0.05) is 36.3 Å². The Bertz CT molecular complexity index is 1630. The van der Waals surface area contributed by atoms with Crippen LogP contribution >= 0.6 is 7.82 Å². The van der Waals surface area contributed by atoms with Gasteiger partial charge in [-0.15, -0.1) is 0 Å². The quantitative estimate of drug-likeness (QED) is 0.163. The third kappa shape index (κ3) is 8.09. The van der Waals surface area contributed by atoms with Crippen molar-refractivity contribution in [2.24, 2.45) is 5.92 Å². The van der Waals surface area contributed by atoms with E-state index in [9.17, 15) is 23.0 Å². The molecule has 0 spiro atoms. The van der Waals surface area contributed by atoms with E-state index in [4.69, 9.17) is 13.9 Å². The Labute approximate surface area is 245 Å². The minimum absolute atomic E-state index is 0.0842. The van der Waals surface area contributed by atoms with E-state index in [-0.39, 0.29) is 24.6 Å². The molecule has 0 saturated carbocycles. The summed E-state index contributed by atoms with van der Waals surface area (Å²) in [7, 11) is -4.08. The topological polar surface area (TPSA) is 164 Å². The van der Waals surface area contributed by atoms with Gasteiger partial charge >= 0.3 is 7.82 Å². The van der Waals surface area contributed by atoms with E-state index >= 15 is 0 Å². The number of aromatic amines is 1. The number of nitrogens with zero attached hydrogens (tertiary/aromatic N) is 4. The number of hydroxylamine groups is 2. The summed E-state index contributed by atoms with van der Waals surface area (Å²) in [5.41, 5.74) is 0.843. The second kappa shape index (κ2) is 13.5. The van der Waals surface area contributed by atoms with Gasteiger partial charge in [-0.05, 0) is 49.9 Å². The maximum Gasteiger partial charge on any atom is 0.488 e. The number of aromatic nitrogens is 4. The van der Waals surface area contributed by atoms with Crippen molar-refractivity contribution in [1.29, 1.82) is 0 Å². The molecule has 1 unspecified atom stereocenters. The number of phosphoric ester groups is 1. The zero-order valence-corrected chi connectivity index (χ0v) is 24.0. The lowest BCUT2D eigenvalue weighted by Gasteiger charge is -2.31. The first kappa shape index (κ1) is 30.4. The van der Waals surface area contributed by atoms with Gasteiger partial charge in [-0.3, -0.25) is 14.4 Å². The standard InChI is InChI=1S/C27H30F2N7O6P/c1-2-41-43(38,39)42-36-10-8-17(9-11-36)15-40-19-6-7-20-23(14-19)30-16-31-27(20)33-24-12-18(34-35-24)13-25(37)32-22-5-3-4-21(28)26(22)29/h3-7,12,14,16-17H,2,8-11,13,15H2,1H3,(H,32,37)(H,38,39)(H2,30,31,33,34,35). The number of benzene rings is 2. The second-order valence-electron chi connectivity index (χ2n) is 9.78. The maximum atomic E-state index is 13.8. The smallest absolute Gasteiger partial charge is 0.488 e. The van der Waals surface area contributed by atoms with Crippen LogP contribution in [0.5, 0.6) is 5.75 Å². The van der Waals surface area contributed by atoms with Crippen molar-refractivity contribution >= 4 is 42.0 Å². The highest BCUT2D eigenvalue weighted by atomic mass is 31.2. The number of carbonyl (C=O) groups is 1. The average Bonchev–Trinajstić information content (AvgIpc) is 3.41. The minimum atomic E-state index is -4.08. The van der Waals surface area contributed by atoms with E-state index in [1.807, 2.05) is 12.1 Å². The summed E-state index contributed by atoms with van der Waals surface area (Å²) >= 11 is 0. The highest BCUT2D eigenvalue weighted by Gasteiger charge is 2.29. The van der Waals surface area contributed by atoms with Gasteiger partial charge in [-0.25, -0.2) is 23.3 Å². The number of piperidine rings is 1. The maximum absolute atomic E-state index is 13.8. The second-order valence-corrected chi connectivity index (χ2v) is 11.1. The van der Waals surface area contributed by atoms with E-state index in [0.717, 1.165) is 18.9 Å². The highest BCUT2D eigenvalue weighted by Crippen LogP contribution is 2.44. The lowest BCUT2D eigenvalue weighted by atomic mass is 9.99. The molecule has 1 amide bonds. The van der Waals surface area contributed by atoms with Gasteiger partial charge in [0.25, 0.3) is 0 Å². The van der Waals surface area contributed by atoms with Gasteiger partial charge in [0.1, 0.15) is 17.9 Å². The van der Waals surface area contributed by atoms with Crippen molar-refractivity contribution in [2.75, 3.05) is 36.9 Å². The fourth-order valence-electron chi connectivity index (χ4n) is 4.54. The van der Waals surface area contributed by atoms with Crippen LogP contribution in [0.4, 0.5) is 26.1 Å². The molecule has 5 rings (SSSR count). The number of carbonyl (C=O) groups excluding carboxylic acids is 1. The van der Waals surface area contributed by atoms with Crippen LogP contribution in [0.2, 0.25) is 0 Å². The van der Waals surface area contributed by atoms with Gasteiger partial charge < -0.3 is 20.3 Å². The summed E-state index contributed by atoms with van der Waals surface area (Å²) in [5, 5.41) is 14.5. The number of amides is 1. The first-order valence-corrected chi connectivity index (χ1v) is 15.0. The normalized spacial score (nSPS) is 15.7. The van der Waals surface area contributed by atoms with Crippen LogP contribution in [0.3, 0.4) is 0 Å². The molecule has 0 aliphatic carbocycles. The fourth-order valence-corrected chi connectivity index (χ4v) is 5.36. The lowest BCUT2D eigenvalue weighted by molar-refractivity contribution is -0.115. The summed E-state index contributed by atoms with van der Waals surface area (Å²) in [5.74, 6) is -0.961. The Morgan fingerprint density at radius 3 is 2.79 bits per heavy atom. The molecule has 13 nitrogen and oxygen atoms in total. The number of nitrogens with one attached hydrogen (secondary N) is 3. The fraction of sp³-hybridized carbons (Fsp3) is 0.333. The van der Waals surface area contributed by atoms with Gasteiger partial charge in [0.15, 0.2) is 17.5 Å². The summed E-state index contributed by atoms with van der Waals surface area (Å²) in [6.45, 7) is 3.14. The molecule has 3 heterocycles. The van der Waals surface area contributed by atoms with E-state index in [0.29, 0.717) is 53.7 Å². The van der Waals surface area contributed by atoms with Gasteiger partial charge in [-0.2, -0.15) is 14.8 Å². The highest BCUT2D eigenvalue weighted by molar-refractivity contribution is 7.47. The summed E-state index contributed by atoms with van der Waals surface area (Å²) < 4.78 is 54.9. The molecule has 1 aliphatic heterocycles. The molecule has 0 bridgehead atoms. The third-order valence-electron chi connectivity index (χ3n) is 6.63. The lowest BCUT2D eigenvalue weighted by Crippen LogP contribution is -2.35. The van der Waals surface area contributed by atoms with Crippen LogP contribution in [-0.2, 0) is 24.9 Å². The number of phosphoric acid groups is 1. The van der Waals surface area contributed by atoms with Crippen LogP contribution in [-0.4, -0.2) is 62.3 Å². The first-order valence-electron chi connectivity index (χ1n) is 13.5. The molecule has 4 N–H and O–H groups in total. The Balaban J connectivity index is 1.14. The van der Waals surface area contributed by atoms with Crippen LogP contribution in [0, 0.1) is 17.6 Å². The number of anilines is 3. The number of rotatable bonds is 12. The van der Waals surface area contributed by atoms with E-state index < -0.39 is 25.4 Å². The molecule has 1 fully saturated rings. The molecule has 2 aromatic heterocycles. The average molecular weight is 618 g/mol. The minimum Gasteiger partial charge on any atom is -0.493 e. The Morgan fingerprint density at radius 2 is 2.00 bits per heavy atom. The number of hydrogen-bond donors (Lipinski definition) is 4. The molecule has 1 saturated heterocycles. The van der Waals surface area contributed by atoms with Gasteiger partial charge in [0.2, 0.25) is 5.91 Å². The summed E-state index contributed by atoms with van der Waals surface area (Å²) in [6.07, 6.45) is 2.72. The molecular weight excluding hydrogens is 587 g/mol. The molecule has 0 radical (unpaired) electrons. The number of fused-ring (bicyclic) bond motifs is 1. The molecule has 1 atom stereocenters. The van der Waals surface area contributed by atoms with Gasteiger partial charge in [0.05, 0.1) is 30.8 Å². The van der Waals surface area contributed by atoms with Crippen LogP contribution in [0.25, 0.3) is 10.9 Å². The zero-order chi connectivity index (χ0) is 30.4. The van der Waals surface area contributed by atoms with Crippen molar-refractivity contribution in [1.82, 2.24) is 25.2 Å². The molecule has 16 heteroatoms. The predicted molar refractivity (Wildman–Crippen MR) is 152 cm³/mol. The first-order chi connectivity index (χ1) is 20.7. The number of halogens is 2. The van der Waals surface area contributed by atoms with Crippen molar-refractivity contribution in [3.8, 4) is 5.75 Å².